The lowest BCUT2D eigenvalue weighted by molar-refractivity contribution is -0.111. The van der Waals surface area contributed by atoms with Crippen molar-refractivity contribution in [2.45, 2.75) is 13.8 Å². The van der Waals surface area contributed by atoms with Gasteiger partial charge in [0.05, 0.1) is 5.00 Å². The molecule has 0 saturated heterocycles. The number of hydrogen-bond acceptors (Lipinski definition) is 3. The lowest BCUT2D eigenvalue weighted by Crippen LogP contribution is -2.05. The van der Waals surface area contributed by atoms with Crippen LogP contribution in [-0.2, 0) is 4.79 Å². The number of aryl methyl sites for hydroxylation is 1. The summed E-state index contributed by atoms with van der Waals surface area (Å²) in [5, 5.41) is 11.9. The van der Waals surface area contributed by atoms with Gasteiger partial charge in [-0.2, -0.15) is 0 Å². The number of carboxylic acids is 1. The molecule has 0 aliphatic heterocycles. The molecule has 1 aromatic heterocycles. The molecule has 2 N–H and O–H groups in total. The fourth-order valence-corrected chi connectivity index (χ4v) is 1.98. The number of thiophene rings is 1. The Hall–Kier alpha value is -1.62. The Bertz CT molecular complexity index is 420. The third-order valence-corrected chi connectivity index (χ3v) is 2.82. The van der Waals surface area contributed by atoms with Crippen LogP contribution in [0.1, 0.15) is 22.2 Å². The van der Waals surface area contributed by atoms with E-state index in [2.05, 4.69) is 5.32 Å². The largest absolute Gasteiger partial charge is 0.477 e. The number of carbonyl (C=O) groups is 2. The Morgan fingerprint density at radius 2 is 2.20 bits per heavy atom. The quantitative estimate of drug-likeness (QED) is 0.775. The Morgan fingerprint density at radius 1 is 1.53 bits per heavy atom. The molecule has 4 nitrogen and oxygen atoms in total. The predicted octanol–water partition coefficient (Wildman–Crippen LogP) is 2.27. The Labute approximate surface area is 91.2 Å². The van der Waals surface area contributed by atoms with Gasteiger partial charge in [0.25, 0.3) is 0 Å². The van der Waals surface area contributed by atoms with Crippen LogP contribution in [0.4, 0.5) is 5.00 Å². The molecular weight excluding hydrogens is 214 g/mol. The summed E-state index contributed by atoms with van der Waals surface area (Å²) in [7, 11) is 0. The summed E-state index contributed by atoms with van der Waals surface area (Å²) in [6.07, 6.45) is 3.00. The molecule has 0 radical (unpaired) electrons. The van der Waals surface area contributed by atoms with Crippen molar-refractivity contribution in [2.75, 3.05) is 5.32 Å². The van der Waals surface area contributed by atoms with Crippen LogP contribution in [0.25, 0.3) is 0 Å². The first-order chi connectivity index (χ1) is 7.04. The van der Waals surface area contributed by atoms with E-state index in [4.69, 9.17) is 5.11 Å². The Balaban J connectivity index is 2.84. The molecule has 1 rings (SSSR count). The van der Waals surface area contributed by atoms with Crippen molar-refractivity contribution in [3.05, 3.63) is 28.7 Å². The maximum atomic E-state index is 11.2. The molecule has 0 aliphatic carbocycles. The van der Waals surface area contributed by atoms with Gasteiger partial charge in [0.15, 0.2) is 0 Å². The van der Waals surface area contributed by atoms with Crippen LogP contribution in [0, 0.1) is 6.92 Å². The molecule has 1 heterocycles. The lowest BCUT2D eigenvalue weighted by Gasteiger charge is -1.95. The standard InChI is InChI=1S/C10H11NO3S/c1-3-4-7(12)11-8-5-6(2)9(15-8)10(13)14/h3-5H,1-2H3,(H,11,12)(H,13,14)/b4-3+. The van der Waals surface area contributed by atoms with E-state index in [9.17, 15) is 9.59 Å². The minimum atomic E-state index is -0.968. The molecule has 0 unspecified atom stereocenters. The van der Waals surface area contributed by atoms with E-state index >= 15 is 0 Å². The number of carboxylic acid groups (broad SMARTS) is 1. The van der Waals surface area contributed by atoms with Gasteiger partial charge in [-0.05, 0) is 31.6 Å². The van der Waals surface area contributed by atoms with E-state index in [1.165, 1.54) is 6.08 Å². The van der Waals surface area contributed by atoms with E-state index < -0.39 is 5.97 Å². The molecule has 5 heteroatoms. The molecular formula is C10H11NO3S. The maximum absolute atomic E-state index is 11.2. The summed E-state index contributed by atoms with van der Waals surface area (Å²) in [5.74, 6) is -1.22. The second-order valence-corrected chi connectivity index (χ2v) is 3.97. The lowest BCUT2D eigenvalue weighted by atomic mass is 10.3. The van der Waals surface area contributed by atoms with E-state index in [0.29, 0.717) is 10.6 Å². The zero-order valence-corrected chi connectivity index (χ0v) is 9.22. The van der Waals surface area contributed by atoms with Gasteiger partial charge in [-0.15, -0.1) is 11.3 Å². The minimum Gasteiger partial charge on any atom is -0.477 e. The first-order valence-corrected chi connectivity index (χ1v) is 5.13. The molecule has 0 fully saturated rings. The highest BCUT2D eigenvalue weighted by Crippen LogP contribution is 2.26. The van der Waals surface area contributed by atoms with Crippen LogP contribution in [0.2, 0.25) is 0 Å². The van der Waals surface area contributed by atoms with Crippen molar-refractivity contribution < 1.29 is 14.7 Å². The van der Waals surface area contributed by atoms with Crippen molar-refractivity contribution in [1.29, 1.82) is 0 Å². The van der Waals surface area contributed by atoms with Crippen molar-refractivity contribution in [2.24, 2.45) is 0 Å². The van der Waals surface area contributed by atoms with Crippen molar-refractivity contribution in [3.63, 3.8) is 0 Å². The van der Waals surface area contributed by atoms with E-state index in [0.717, 1.165) is 11.3 Å². The zero-order chi connectivity index (χ0) is 11.4. The number of carbonyl (C=O) groups excluding carboxylic acids is 1. The normalized spacial score (nSPS) is 10.5. The van der Waals surface area contributed by atoms with Crippen molar-refractivity contribution in [3.8, 4) is 0 Å². The van der Waals surface area contributed by atoms with Crippen LogP contribution in [0.15, 0.2) is 18.2 Å². The fourth-order valence-electron chi connectivity index (χ4n) is 1.07. The summed E-state index contributed by atoms with van der Waals surface area (Å²) in [6.45, 7) is 3.44. The Morgan fingerprint density at radius 3 is 2.67 bits per heavy atom. The highest BCUT2D eigenvalue weighted by Gasteiger charge is 2.12. The van der Waals surface area contributed by atoms with Gasteiger partial charge in [0.2, 0.25) is 5.91 Å². The van der Waals surface area contributed by atoms with Gasteiger partial charge < -0.3 is 10.4 Å². The van der Waals surface area contributed by atoms with E-state index in [1.54, 1.807) is 26.0 Å². The molecule has 80 valence electrons. The van der Waals surface area contributed by atoms with Gasteiger partial charge in [0, 0.05) is 0 Å². The fraction of sp³-hybridized carbons (Fsp3) is 0.200. The first-order valence-electron chi connectivity index (χ1n) is 4.32. The number of allylic oxidation sites excluding steroid dienone is 1. The monoisotopic (exact) mass is 225 g/mol. The van der Waals surface area contributed by atoms with Crippen LogP contribution < -0.4 is 5.32 Å². The minimum absolute atomic E-state index is 0.254. The number of nitrogens with one attached hydrogen (secondary N) is 1. The maximum Gasteiger partial charge on any atom is 0.346 e. The third-order valence-electron chi connectivity index (χ3n) is 1.68. The second kappa shape index (κ2) is 4.75. The Kier molecular flexibility index (Phi) is 3.62. The average Bonchev–Trinajstić information content (AvgIpc) is 2.47. The van der Waals surface area contributed by atoms with E-state index in [-0.39, 0.29) is 10.8 Å². The number of hydrogen-bond donors (Lipinski definition) is 2. The van der Waals surface area contributed by atoms with Gasteiger partial charge in [-0.1, -0.05) is 6.08 Å². The second-order valence-electron chi connectivity index (χ2n) is 2.92. The molecule has 1 amide bonds. The van der Waals surface area contributed by atoms with Gasteiger partial charge >= 0.3 is 5.97 Å². The summed E-state index contributed by atoms with van der Waals surface area (Å²) < 4.78 is 0. The van der Waals surface area contributed by atoms with Gasteiger partial charge in [-0.3, -0.25) is 4.79 Å². The summed E-state index contributed by atoms with van der Waals surface area (Å²) in [4.78, 5) is 22.1. The SMILES string of the molecule is C/C=C/C(=O)Nc1cc(C)c(C(=O)O)s1. The van der Waals surface area contributed by atoms with Crippen LogP contribution in [0.5, 0.6) is 0 Å². The molecule has 0 bridgehead atoms. The van der Waals surface area contributed by atoms with Crippen LogP contribution in [-0.4, -0.2) is 17.0 Å². The molecule has 0 saturated carbocycles. The summed E-state index contributed by atoms with van der Waals surface area (Å²) in [6, 6.07) is 1.65. The van der Waals surface area contributed by atoms with E-state index in [1.807, 2.05) is 0 Å². The van der Waals surface area contributed by atoms with Crippen molar-refractivity contribution >= 4 is 28.2 Å². The predicted molar refractivity (Wildman–Crippen MR) is 59.5 cm³/mol. The molecule has 0 aromatic carbocycles. The van der Waals surface area contributed by atoms with Crippen LogP contribution >= 0.6 is 11.3 Å². The zero-order valence-electron chi connectivity index (χ0n) is 8.40. The summed E-state index contributed by atoms with van der Waals surface area (Å²) >= 11 is 1.06. The third kappa shape index (κ3) is 2.92. The highest BCUT2D eigenvalue weighted by molar-refractivity contribution is 7.18. The smallest absolute Gasteiger partial charge is 0.346 e. The number of rotatable bonds is 3. The van der Waals surface area contributed by atoms with Crippen molar-refractivity contribution in [1.82, 2.24) is 0 Å². The topological polar surface area (TPSA) is 66.4 Å². The molecule has 15 heavy (non-hydrogen) atoms. The number of anilines is 1. The number of aromatic carboxylic acids is 1. The van der Waals surface area contributed by atoms with Gasteiger partial charge in [-0.25, -0.2) is 4.79 Å². The highest BCUT2D eigenvalue weighted by atomic mass is 32.1. The first kappa shape index (κ1) is 11.5. The average molecular weight is 225 g/mol. The number of amides is 1. The molecule has 0 aliphatic rings. The van der Waals surface area contributed by atoms with Crippen LogP contribution in [0.3, 0.4) is 0 Å². The molecule has 1 aromatic rings. The molecule has 0 spiro atoms. The molecule has 0 atom stereocenters. The summed E-state index contributed by atoms with van der Waals surface area (Å²) in [5.41, 5.74) is 0.656. The van der Waals surface area contributed by atoms with Gasteiger partial charge in [0.1, 0.15) is 4.88 Å².